The van der Waals surface area contributed by atoms with E-state index >= 15 is 0 Å². The van der Waals surface area contributed by atoms with Crippen molar-refractivity contribution < 1.29 is 4.79 Å². The Morgan fingerprint density at radius 1 is 1.21 bits per heavy atom. The first kappa shape index (κ1) is 11.7. The molecule has 76 valence electrons. The first-order chi connectivity index (χ1) is 6.65. The zero-order valence-electron chi connectivity index (χ0n) is 7.59. The molecular weight excluding hydrogens is 310 g/mol. The van der Waals surface area contributed by atoms with Gasteiger partial charge in [-0.1, -0.05) is 37.9 Å². The topological polar surface area (TPSA) is 43.1 Å². The van der Waals surface area contributed by atoms with Crippen LogP contribution in [0, 0.1) is 0 Å². The van der Waals surface area contributed by atoms with Crippen LogP contribution in [-0.4, -0.2) is 11.1 Å². The van der Waals surface area contributed by atoms with Gasteiger partial charge in [-0.05, 0) is 23.3 Å². The molecule has 2 nitrogen and oxygen atoms in total. The van der Waals surface area contributed by atoms with Gasteiger partial charge < -0.3 is 5.73 Å². The number of ketones is 1. The Bertz CT molecular complexity index is 339. The van der Waals surface area contributed by atoms with Gasteiger partial charge >= 0.3 is 0 Å². The molecule has 0 bridgehead atoms. The van der Waals surface area contributed by atoms with Gasteiger partial charge in [0, 0.05) is 17.4 Å². The van der Waals surface area contributed by atoms with Crippen LogP contribution in [0.5, 0.6) is 0 Å². The summed E-state index contributed by atoms with van der Waals surface area (Å²) in [5.41, 5.74) is 8.49. The normalized spacial score (nSPS) is 10.1. The maximum absolute atomic E-state index is 11.2. The lowest BCUT2D eigenvalue weighted by molar-refractivity contribution is -0.115. The minimum atomic E-state index is 0.163. The first-order valence-electron chi connectivity index (χ1n) is 4.17. The lowest BCUT2D eigenvalue weighted by Gasteiger charge is -2.04. The lowest BCUT2D eigenvalue weighted by atomic mass is 10.1. The van der Waals surface area contributed by atoms with Crippen LogP contribution < -0.4 is 5.73 Å². The van der Waals surface area contributed by atoms with Crippen LogP contribution in [-0.2, 0) is 16.5 Å². The summed E-state index contributed by atoms with van der Waals surface area (Å²) in [6.07, 6.45) is 0.441. The quantitative estimate of drug-likeness (QED) is 0.684. The highest BCUT2D eigenvalue weighted by molar-refractivity contribution is 9.09. The largest absolute Gasteiger partial charge is 0.399 e. The molecule has 0 radical (unpaired) electrons. The van der Waals surface area contributed by atoms with E-state index in [1.165, 1.54) is 0 Å². The fourth-order valence-electron chi connectivity index (χ4n) is 1.25. The monoisotopic (exact) mass is 319 g/mol. The van der Waals surface area contributed by atoms with Crippen molar-refractivity contribution >= 4 is 43.3 Å². The van der Waals surface area contributed by atoms with Crippen molar-refractivity contribution in [3.05, 3.63) is 29.3 Å². The molecule has 1 aromatic rings. The second-order valence-electron chi connectivity index (χ2n) is 3.07. The number of nitrogen functional groups attached to an aromatic ring is 1. The Balaban J connectivity index is 2.86. The number of carbonyl (C=O) groups excluding carboxylic acids is 1. The molecule has 2 N–H and O–H groups in total. The van der Waals surface area contributed by atoms with Gasteiger partial charge in [0.1, 0.15) is 5.78 Å². The molecule has 0 unspecified atom stereocenters. The van der Waals surface area contributed by atoms with E-state index in [1.54, 1.807) is 0 Å². The van der Waals surface area contributed by atoms with Crippen molar-refractivity contribution in [2.45, 2.75) is 11.8 Å². The second kappa shape index (κ2) is 5.51. The molecule has 0 saturated carbocycles. The summed E-state index contributed by atoms with van der Waals surface area (Å²) in [5, 5.41) is 1.15. The smallest absolute Gasteiger partial charge is 0.147 e. The molecule has 0 amide bonds. The van der Waals surface area contributed by atoms with Crippen LogP contribution in [0.4, 0.5) is 5.69 Å². The fraction of sp³-hybridized carbons (Fsp3) is 0.300. The Labute approximate surface area is 100 Å². The Kier molecular flexibility index (Phi) is 4.62. The number of nitrogens with two attached hydrogens (primary N) is 1. The number of halogens is 2. The number of alkyl halides is 2. The van der Waals surface area contributed by atoms with Gasteiger partial charge in [0.05, 0.1) is 5.33 Å². The highest BCUT2D eigenvalue weighted by atomic mass is 79.9. The lowest BCUT2D eigenvalue weighted by Crippen LogP contribution is -2.04. The first-order valence-corrected chi connectivity index (χ1v) is 6.42. The summed E-state index contributed by atoms with van der Waals surface area (Å²) in [6.45, 7) is 0. The number of hydrogen-bond donors (Lipinski definition) is 1. The van der Waals surface area contributed by atoms with Gasteiger partial charge in [0.2, 0.25) is 0 Å². The Morgan fingerprint density at radius 3 is 2.43 bits per heavy atom. The van der Waals surface area contributed by atoms with Crippen molar-refractivity contribution in [3.63, 3.8) is 0 Å². The second-order valence-corrected chi connectivity index (χ2v) is 4.19. The molecule has 0 fully saturated rings. The van der Waals surface area contributed by atoms with Crippen LogP contribution in [0.3, 0.4) is 0 Å². The minimum Gasteiger partial charge on any atom is -0.399 e. The van der Waals surface area contributed by atoms with Crippen LogP contribution >= 0.6 is 31.9 Å². The van der Waals surface area contributed by atoms with Gasteiger partial charge in [0.15, 0.2) is 0 Å². The molecule has 0 aliphatic carbocycles. The summed E-state index contributed by atoms with van der Waals surface area (Å²) in [5.74, 6) is 0.163. The third-order valence-electron chi connectivity index (χ3n) is 1.78. The fourth-order valence-corrected chi connectivity index (χ4v) is 1.77. The predicted octanol–water partition coefficient (Wildman–Crippen LogP) is 2.67. The number of anilines is 1. The molecule has 14 heavy (non-hydrogen) atoms. The molecule has 1 aromatic carbocycles. The average Bonchev–Trinajstić information content (AvgIpc) is 2.16. The molecule has 0 aromatic heterocycles. The molecule has 0 aliphatic heterocycles. The zero-order chi connectivity index (χ0) is 10.6. The molecular formula is C10H11Br2NO. The molecule has 0 heterocycles. The minimum absolute atomic E-state index is 0.163. The molecule has 4 heteroatoms. The Morgan fingerprint density at radius 2 is 1.86 bits per heavy atom. The van der Waals surface area contributed by atoms with E-state index in [2.05, 4.69) is 31.9 Å². The number of hydrogen-bond acceptors (Lipinski definition) is 2. The van der Waals surface area contributed by atoms with Gasteiger partial charge in [-0.2, -0.15) is 0 Å². The number of benzene rings is 1. The van der Waals surface area contributed by atoms with Gasteiger partial charge in [-0.15, -0.1) is 0 Å². The highest BCUT2D eigenvalue weighted by Gasteiger charge is 2.03. The SMILES string of the molecule is Nc1cc(CBr)cc(CC(=O)CBr)c1. The van der Waals surface area contributed by atoms with Crippen LogP contribution in [0.2, 0.25) is 0 Å². The van der Waals surface area contributed by atoms with Crippen LogP contribution in [0.1, 0.15) is 11.1 Å². The molecule has 0 saturated heterocycles. The summed E-state index contributed by atoms with van der Waals surface area (Å²) in [7, 11) is 0. The average molecular weight is 321 g/mol. The summed E-state index contributed by atoms with van der Waals surface area (Å²) in [6, 6.07) is 5.73. The van der Waals surface area contributed by atoms with E-state index in [4.69, 9.17) is 5.73 Å². The molecule has 0 atom stereocenters. The molecule has 1 rings (SSSR count). The highest BCUT2D eigenvalue weighted by Crippen LogP contribution is 2.15. The number of rotatable bonds is 4. The van der Waals surface area contributed by atoms with E-state index in [9.17, 15) is 4.79 Å². The van der Waals surface area contributed by atoms with E-state index in [0.29, 0.717) is 17.4 Å². The maximum atomic E-state index is 11.2. The van der Waals surface area contributed by atoms with Crippen molar-refractivity contribution in [1.29, 1.82) is 0 Å². The van der Waals surface area contributed by atoms with Gasteiger partial charge in [-0.25, -0.2) is 0 Å². The summed E-state index contributed by atoms with van der Waals surface area (Å²) in [4.78, 5) is 11.2. The summed E-state index contributed by atoms with van der Waals surface area (Å²) >= 11 is 6.50. The van der Waals surface area contributed by atoms with Crippen molar-refractivity contribution in [1.82, 2.24) is 0 Å². The standard InChI is InChI=1S/C10H11Br2NO/c11-5-8-1-7(2-9(13)3-8)4-10(14)6-12/h1-3H,4-6,13H2. The van der Waals surface area contributed by atoms with Crippen LogP contribution in [0.25, 0.3) is 0 Å². The van der Waals surface area contributed by atoms with Gasteiger partial charge in [0.25, 0.3) is 0 Å². The maximum Gasteiger partial charge on any atom is 0.147 e. The number of Topliss-reactive ketones (excluding diaryl/α,β-unsaturated/α-hetero) is 1. The van der Waals surface area contributed by atoms with Gasteiger partial charge in [-0.3, -0.25) is 4.79 Å². The summed E-state index contributed by atoms with van der Waals surface area (Å²) < 4.78 is 0. The van der Waals surface area contributed by atoms with Crippen LogP contribution in [0.15, 0.2) is 18.2 Å². The molecule has 0 spiro atoms. The van der Waals surface area contributed by atoms with E-state index in [0.717, 1.165) is 16.5 Å². The Hall–Kier alpha value is -0.350. The van der Waals surface area contributed by atoms with Crippen molar-refractivity contribution in [3.8, 4) is 0 Å². The third kappa shape index (κ3) is 3.42. The van der Waals surface area contributed by atoms with E-state index < -0.39 is 0 Å². The number of carbonyl (C=O) groups is 1. The van der Waals surface area contributed by atoms with Crippen molar-refractivity contribution in [2.75, 3.05) is 11.1 Å². The van der Waals surface area contributed by atoms with Crippen molar-refractivity contribution in [2.24, 2.45) is 0 Å². The molecule has 0 aliphatic rings. The third-order valence-corrected chi connectivity index (χ3v) is 3.05. The van der Waals surface area contributed by atoms with E-state index in [1.807, 2.05) is 18.2 Å². The predicted molar refractivity (Wildman–Crippen MR) is 66.0 cm³/mol. The zero-order valence-corrected chi connectivity index (χ0v) is 10.8. The van der Waals surface area contributed by atoms with E-state index in [-0.39, 0.29) is 5.78 Å².